The molecule has 1 N–H and O–H groups in total. The Bertz CT molecular complexity index is 1370. The fraction of sp³-hybridized carbons (Fsp3) is 0.120. The molecule has 0 aliphatic carbocycles. The highest BCUT2D eigenvalue weighted by molar-refractivity contribution is 7.22. The van der Waals surface area contributed by atoms with E-state index in [1.165, 1.54) is 28.3 Å². The van der Waals surface area contributed by atoms with Crippen LogP contribution in [0.2, 0.25) is 0 Å². The van der Waals surface area contributed by atoms with Crippen molar-refractivity contribution in [2.45, 2.75) is 13.5 Å². The highest BCUT2D eigenvalue weighted by atomic mass is 32.1. The van der Waals surface area contributed by atoms with Crippen LogP contribution in [0.4, 0.5) is 5.69 Å². The number of hydrogen-bond acceptors (Lipinski definition) is 6. The highest BCUT2D eigenvalue weighted by Crippen LogP contribution is 2.30. The van der Waals surface area contributed by atoms with Crippen molar-refractivity contribution in [3.63, 3.8) is 0 Å². The van der Waals surface area contributed by atoms with Gasteiger partial charge in [0, 0.05) is 16.6 Å². The molecule has 0 saturated carbocycles. The Balaban J connectivity index is 1.44. The van der Waals surface area contributed by atoms with Crippen molar-refractivity contribution < 1.29 is 14.3 Å². The lowest BCUT2D eigenvalue weighted by molar-refractivity contribution is -0.137. The molecule has 0 saturated heterocycles. The number of fused-ring (bicyclic) bond motifs is 1. The third kappa shape index (κ3) is 5.42. The maximum Gasteiger partial charge on any atom is 0.330 e. The van der Waals surface area contributed by atoms with Gasteiger partial charge in [0.05, 0.1) is 18.5 Å². The van der Waals surface area contributed by atoms with Gasteiger partial charge in [-0.2, -0.15) is 0 Å². The van der Waals surface area contributed by atoms with E-state index in [2.05, 4.69) is 10.3 Å². The molecule has 2 aromatic carbocycles. The van der Waals surface area contributed by atoms with Gasteiger partial charge in [-0.05, 0) is 42.3 Å². The first-order valence-electron chi connectivity index (χ1n) is 10.3. The molecule has 0 aliphatic heterocycles. The van der Waals surface area contributed by atoms with E-state index in [1.54, 1.807) is 37.3 Å². The number of nitrogens with one attached hydrogen (secondary N) is 1. The standard InChI is InChI=1S/C25H21N3O4S/c1-2-32-23(30)13-10-17-8-11-19(12-9-17)27-22(29)15-28-16-26-20-14-21(33-24(20)25(28)31)18-6-4-3-5-7-18/h3-14,16H,2,15H2,1H3,(H,27,29). The molecular weight excluding hydrogens is 438 g/mol. The summed E-state index contributed by atoms with van der Waals surface area (Å²) >= 11 is 1.37. The summed E-state index contributed by atoms with van der Waals surface area (Å²) < 4.78 is 6.66. The van der Waals surface area contributed by atoms with Gasteiger partial charge in [0.1, 0.15) is 11.2 Å². The Morgan fingerprint density at radius 2 is 1.88 bits per heavy atom. The molecule has 1 amide bonds. The van der Waals surface area contributed by atoms with Crippen LogP contribution in [0.15, 0.2) is 77.9 Å². The van der Waals surface area contributed by atoms with Crippen molar-refractivity contribution in [2.24, 2.45) is 0 Å². The van der Waals surface area contributed by atoms with Crippen molar-refractivity contribution >= 4 is 45.2 Å². The number of thiophene rings is 1. The van der Waals surface area contributed by atoms with Gasteiger partial charge in [-0.15, -0.1) is 11.3 Å². The molecule has 7 nitrogen and oxygen atoms in total. The van der Waals surface area contributed by atoms with Gasteiger partial charge in [-0.3, -0.25) is 14.2 Å². The minimum Gasteiger partial charge on any atom is -0.463 e. The average Bonchev–Trinajstić information content (AvgIpc) is 3.27. The summed E-state index contributed by atoms with van der Waals surface area (Å²) in [5.41, 5.74) is 2.76. The second kappa shape index (κ2) is 10.1. The van der Waals surface area contributed by atoms with Crippen LogP contribution in [0.25, 0.3) is 26.7 Å². The minimum atomic E-state index is -0.410. The number of anilines is 1. The maximum absolute atomic E-state index is 12.9. The lowest BCUT2D eigenvalue weighted by Gasteiger charge is -2.07. The number of nitrogens with zero attached hydrogens (tertiary/aromatic N) is 2. The lowest BCUT2D eigenvalue weighted by atomic mass is 10.2. The first-order chi connectivity index (χ1) is 16.0. The van der Waals surface area contributed by atoms with Gasteiger partial charge < -0.3 is 10.1 Å². The normalized spacial score (nSPS) is 11.1. The van der Waals surface area contributed by atoms with Gasteiger partial charge in [0.2, 0.25) is 5.91 Å². The summed E-state index contributed by atoms with van der Waals surface area (Å²) in [6.45, 7) is 1.92. The molecule has 4 aromatic rings. The van der Waals surface area contributed by atoms with Crippen LogP contribution < -0.4 is 10.9 Å². The van der Waals surface area contributed by atoms with E-state index in [1.807, 2.05) is 36.4 Å². The van der Waals surface area contributed by atoms with Crippen LogP contribution in [0.1, 0.15) is 12.5 Å². The second-order valence-corrected chi connectivity index (χ2v) is 8.18. The van der Waals surface area contributed by atoms with Crippen LogP contribution in [0.3, 0.4) is 0 Å². The molecule has 0 aliphatic rings. The molecule has 2 aromatic heterocycles. The Kier molecular flexibility index (Phi) is 6.75. The first-order valence-corrected chi connectivity index (χ1v) is 11.1. The molecule has 0 spiro atoms. The number of carbonyl (C=O) groups is 2. The van der Waals surface area contributed by atoms with Crippen molar-refractivity contribution in [3.05, 3.63) is 89.0 Å². The minimum absolute atomic E-state index is 0.148. The Morgan fingerprint density at radius 1 is 1.12 bits per heavy atom. The summed E-state index contributed by atoms with van der Waals surface area (Å²) in [4.78, 5) is 42.1. The molecule has 0 fully saturated rings. The van der Waals surface area contributed by atoms with Gasteiger partial charge in [-0.1, -0.05) is 42.5 Å². The molecule has 0 radical (unpaired) electrons. The summed E-state index contributed by atoms with van der Waals surface area (Å²) in [6, 6.07) is 18.6. The van der Waals surface area contributed by atoms with Crippen LogP contribution in [-0.2, 0) is 20.9 Å². The third-order valence-corrected chi connectivity index (χ3v) is 5.93. The molecule has 2 heterocycles. The van der Waals surface area contributed by atoms with Crippen molar-refractivity contribution in [1.82, 2.24) is 9.55 Å². The predicted octanol–water partition coefficient (Wildman–Crippen LogP) is 4.34. The van der Waals surface area contributed by atoms with E-state index < -0.39 is 5.97 Å². The second-order valence-electron chi connectivity index (χ2n) is 7.12. The van der Waals surface area contributed by atoms with E-state index in [0.29, 0.717) is 22.5 Å². The fourth-order valence-electron chi connectivity index (χ4n) is 3.19. The maximum atomic E-state index is 12.9. The molecule has 33 heavy (non-hydrogen) atoms. The zero-order valence-corrected chi connectivity index (χ0v) is 18.7. The van der Waals surface area contributed by atoms with Gasteiger partial charge in [0.15, 0.2) is 0 Å². The van der Waals surface area contributed by atoms with Gasteiger partial charge >= 0.3 is 5.97 Å². The number of benzene rings is 2. The predicted molar refractivity (Wildman–Crippen MR) is 130 cm³/mol. The highest BCUT2D eigenvalue weighted by Gasteiger charge is 2.12. The Labute approximate surface area is 194 Å². The summed E-state index contributed by atoms with van der Waals surface area (Å²) in [5, 5.41) is 2.77. The average molecular weight is 460 g/mol. The number of rotatable bonds is 7. The summed E-state index contributed by atoms with van der Waals surface area (Å²) in [7, 11) is 0. The Hall–Kier alpha value is -4.04. The molecule has 0 unspecified atom stereocenters. The van der Waals surface area contributed by atoms with Crippen LogP contribution in [-0.4, -0.2) is 28.0 Å². The van der Waals surface area contributed by atoms with Crippen molar-refractivity contribution in [2.75, 3.05) is 11.9 Å². The number of hydrogen-bond donors (Lipinski definition) is 1. The number of carbonyl (C=O) groups excluding carboxylic acids is 2. The van der Waals surface area contributed by atoms with Crippen molar-refractivity contribution in [3.8, 4) is 10.4 Å². The van der Waals surface area contributed by atoms with Gasteiger partial charge in [-0.25, -0.2) is 9.78 Å². The SMILES string of the molecule is CCOC(=O)C=Cc1ccc(NC(=O)Cn2cnc3cc(-c4ccccc4)sc3c2=O)cc1. The summed E-state index contributed by atoms with van der Waals surface area (Å²) in [6.07, 6.45) is 4.38. The zero-order chi connectivity index (χ0) is 23.2. The van der Waals surface area contributed by atoms with E-state index in [-0.39, 0.29) is 18.0 Å². The van der Waals surface area contributed by atoms with E-state index in [0.717, 1.165) is 16.0 Å². The monoisotopic (exact) mass is 459 g/mol. The quantitative estimate of drug-likeness (QED) is 0.328. The number of amides is 1. The van der Waals surface area contributed by atoms with Crippen LogP contribution in [0.5, 0.6) is 0 Å². The zero-order valence-electron chi connectivity index (χ0n) is 17.9. The van der Waals surface area contributed by atoms with Crippen LogP contribution >= 0.6 is 11.3 Å². The number of ether oxygens (including phenoxy) is 1. The topological polar surface area (TPSA) is 90.3 Å². The fourth-order valence-corrected chi connectivity index (χ4v) is 4.26. The van der Waals surface area contributed by atoms with E-state index in [9.17, 15) is 14.4 Å². The molecule has 166 valence electrons. The number of esters is 1. The molecule has 4 rings (SSSR count). The molecule has 0 atom stereocenters. The van der Waals surface area contributed by atoms with E-state index in [4.69, 9.17) is 4.74 Å². The van der Waals surface area contributed by atoms with E-state index >= 15 is 0 Å². The largest absolute Gasteiger partial charge is 0.463 e. The van der Waals surface area contributed by atoms with Crippen LogP contribution in [0, 0.1) is 0 Å². The molecule has 8 heteroatoms. The van der Waals surface area contributed by atoms with Crippen molar-refractivity contribution in [1.29, 1.82) is 0 Å². The first kappa shape index (κ1) is 22.2. The lowest BCUT2D eigenvalue weighted by Crippen LogP contribution is -2.27. The number of aromatic nitrogens is 2. The van der Waals surface area contributed by atoms with Gasteiger partial charge in [0.25, 0.3) is 5.56 Å². The third-order valence-electron chi connectivity index (χ3n) is 4.77. The molecular formula is C25H21N3O4S. The smallest absolute Gasteiger partial charge is 0.330 e. The molecule has 0 bridgehead atoms. The Morgan fingerprint density at radius 3 is 2.61 bits per heavy atom. The summed E-state index contributed by atoms with van der Waals surface area (Å²) in [5.74, 6) is -0.750.